The summed E-state index contributed by atoms with van der Waals surface area (Å²) in [6.45, 7) is -1.38. The predicted octanol–water partition coefficient (Wildman–Crippen LogP) is 2.70. The van der Waals surface area contributed by atoms with E-state index in [0.29, 0.717) is 10.1 Å². The summed E-state index contributed by atoms with van der Waals surface area (Å²) in [5.41, 5.74) is -0.384. The zero-order valence-electron chi connectivity index (χ0n) is 9.04. The molecule has 1 heterocycles. The van der Waals surface area contributed by atoms with Crippen molar-refractivity contribution in [2.24, 2.45) is 0 Å². The Morgan fingerprint density at radius 1 is 1.28 bits per heavy atom. The summed E-state index contributed by atoms with van der Waals surface area (Å²) in [5, 5.41) is 0.149. The number of nitrogens with zero attached hydrogens (tertiary/aromatic N) is 2. The molecule has 0 saturated heterocycles. The summed E-state index contributed by atoms with van der Waals surface area (Å²) in [6, 6.07) is 6.23. The van der Waals surface area contributed by atoms with Crippen molar-refractivity contribution in [3.05, 3.63) is 40.4 Å². The summed E-state index contributed by atoms with van der Waals surface area (Å²) < 4.78 is 37.8. The summed E-state index contributed by atoms with van der Waals surface area (Å²) >= 11 is 5.54. The minimum absolute atomic E-state index is 0.0855. The van der Waals surface area contributed by atoms with Gasteiger partial charge < -0.3 is 0 Å². The van der Waals surface area contributed by atoms with Crippen LogP contribution in [-0.4, -0.2) is 15.7 Å². The Morgan fingerprint density at radius 3 is 2.56 bits per heavy atom. The number of alkyl halides is 4. The van der Waals surface area contributed by atoms with Crippen molar-refractivity contribution in [2.45, 2.75) is 18.6 Å². The van der Waals surface area contributed by atoms with E-state index in [1.807, 2.05) is 0 Å². The van der Waals surface area contributed by atoms with Crippen LogP contribution in [0.3, 0.4) is 0 Å². The van der Waals surface area contributed by atoms with Crippen LogP contribution in [0.1, 0.15) is 5.82 Å². The first-order valence-corrected chi connectivity index (χ1v) is 5.57. The lowest BCUT2D eigenvalue weighted by Gasteiger charge is -2.13. The van der Waals surface area contributed by atoms with Gasteiger partial charge in [-0.3, -0.25) is 9.36 Å². The summed E-state index contributed by atoms with van der Waals surface area (Å²) in [4.78, 5) is 15.9. The third-order valence-corrected chi connectivity index (χ3v) is 2.64. The molecule has 0 aliphatic heterocycles. The molecule has 0 N–H and O–H groups in total. The minimum atomic E-state index is -4.49. The highest BCUT2D eigenvalue weighted by atomic mass is 35.5. The van der Waals surface area contributed by atoms with Crippen LogP contribution in [0, 0.1) is 0 Å². The number of aromatic nitrogens is 2. The van der Waals surface area contributed by atoms with Gasteiger partial charge in [0.25, 0.3) is 5.56 Å². The molecule has 18 heavy (non-hydrogen) atoms. The maximum Gasteiger partial charge on any atom is 0.406 e. The van der Waals surface area contributed by atoms with Gasteiger partial charge in [-0.1, -0.05) is 12.1 Å². The summed E-state index contributed by atoms with van der Waals surface area (Å²) in [6.07, 6.45) is -4.49. The van der Waals surface area contributed by atoms with Crippen LogP contribution in [0.4, 0.5) is 13.2 Å². The molecule has 0 unspecified atom stereocenters. The molecule has 0 saturated carbocycles. The van der Waals surface area contributed by atoms with E-state index in [2.05, 4.69) is 4.98 Å². The maximum atomic E-state index is 12.4. The van der Waals surface area contributed by atoms with E-state index >= 15 is 0 Å². The first-order valence-electron chi connectivity index (χ1n) is 5.03. The van der Waals surface area contributed by atoms with Crippen molar-refractivity contribution in [2.75, 3.05) is 0 Å². The number of hydrogen-bond acceptors (Lipinski definition) is 2. The molecule has 3 nitrogen and oxygen atoms in total. The molecule has 0 fully saturated rings. The zero-order valence-corrected chi connectivity index (χ0v) is 9.79. The normalized spacial score (nSPS) is 12.0. The second kappa shape index (κ2) is 4.61. The fourth-order valence-corrected chi connectivity index (χ4v) is 1.86. The van der Waals surface area contributed by atoms with E-state index in [4.69, 9.17) is 11.6 Å². The molecular formula is C11H8ClF3N2O. The van der Waals surface area contributed by atoms with E-state index in [0.717, 1.165) is 0 Å². The predicted molar refractivity (Wildman–Crippen MR) is 61.6 cm³/mol. The van der Waals surface area contributed by atoms with Crippen LogP contribution in [0.5, 0.6) is 0 Å². The topological polar surface area (TPSA) is 34.9 Å². The van der Waals surface area contributed by atoms with E-state index in [9.17, 15) is 18.0 Å². The van der Waals surface area contributed by atoms with E-state index in [-0.39, 0.29) is 17.1 Å². The highest BCUT2D eigenvalue weighted by Gasteiger charge is 2.30. The standard InChI is InChI=1S/C11H8ClF3N2O/c12-5-9-16-8-4-2-1-3-7(8)10(18)17(9)6-11(13,14)15/h1-4H,5-6H2. The maximum absolute atomic E-state index is 12.4. The lowest BCUT2D eigenvalue weighted by atomic mass is 10.2. The average Bonchev–Trinajstić information content (AvgIpc) is 2.31. The number of benzene rings is 1. The Kier molecular flexibility index (Phi) is 3.30. The van der Waals surface area contributed by atoms with Gasteiger partial charge in [0.15, 0.2) is 0 Å². The molecule has 2 rings (SSSR count). The first-order chi connectivity index (χ1) is 8.42. The second-order valence-electron chi connectivity index (χ2n) is 3.69. The SMILES string of the molecule is O=c1c2ccccc2nc(CCl)n1CC(F)(F)F. The van der Waals surface area contributed by atoms with E-state index in [1.54, 1.807) is 18.2 Å². The fraction of sp³-hybridized carbons (Fsp3) is 0.273. The van der Waals surface area contributed by atoms with Crippen LogP contribution >= 0.6 is 11.6 Å². The van der Waals surface area contributed by atoms with Crippen LogP contribution in [-0.2, 0) is 12.4 Å². The minimum Gasteiger partial charge on any atom is -0.286 e. The first kappa shape index (κ1) is 12.9. The van der Waals surface area contributed by atoms with Gasteiger partial charge in [-0.05, 0) is 12.1 Å². The molecule has 0 radical (unpaired) electrons. The van der Waals surface area contributed by atoms with E-state index < -0.39 is 18.3 Å². The highest BCUT2D eigenvalue weighted by molar-refractivity contribution is 6.16. The van der Waals surface area contributed by atoms with Gasteiger partial charge in [0, 0.05) is 0 Å². The molecule has 1 aromatic heterocycles. The van der Waals surface area contributed by atoms with Crippen molar-refractivity contribution in [3.63, 3.8) is 0 Å². The second-order valence-corrected chi connectivity index (χ2v) is 3.95. The molecule has 2 aromatic rings. The lowest BCUT2D eigenvalue weighted by Crippen LogP contribution is -2.31. The third kappa shape index (κ3) is 2.48. The number of fused-ring (bicyclic) bond motifs is 1. The van der Waals surface area contributed by atoms with Crippen LogP contribution in [0.2, 0.25) is 0 Å². The van der Waals surface area contributed by atoms with Crippen molar-refractivity contribution in [3.8, 4) is 0 Å². The third-order valence-electron chi connectivity index (χ3n) is 2.40. The fourth-order valence-electron chi connectivity index (χ4n) is 1.66. The number of halogens is 4. The van der Waals surface area contributed by atoms with Crippen molar-refractivity contribution >= 4 is 22.5 Å². The average molecular weight is 277 g/mol. The number of para-hydroxylation sites is 1. The van der Waals surface area contributed by atoms with Gasteiger partial charge in [0.1, 0.15) is 12.4 Å². The Morgan fingerprint density at radius 2 is 1.94 bits per heavy atom. The van der Waals surface area contributed by atoms with E-state index in [1.165, 1.54) is 6.07 Å². The quantitative estimate of drug-likeness (QED) is 0.791. The molecule has 7 heteroatoms. The Labute approximate surface area is 105 Å². The summed E-state index contributed by atoms with van der Waals surface area (Å²) in [5.74, 6) is -0.339. The smallest absolute Gasteiger partial charge is 0.286 e. The zero-order chi connectivity index (χ0) is 13.3. The molecule has 0 spiro atoms. The van der Waals surface area contributed by atoms with Gasteiger partial charge in [-0.25, -0.2) is 4.98 Å². The van der Waals surface area contributed by atoms with Gasteiger partial charge >= 0.3 is 6.18 Å². The van der Waals surface area contributed by atoms with Gasteiger partial charge in [0.2, 0.25) is 0 Å². The van der Waals surface area contributed by atoms with Crippen molar-refractivity contribution < 1.29 is 13.2 Å². The van der Waals surface area contributed by atoms with Gasteiger partial charge in [-0.2, -0.15) is 13.2 Å². The van der Waals surface area contributed by atoms with Crippen molar-refractivity contribution in [1.29, 1.82) is 0 Å². The van der Waals surface area contributed by atoms with Gasteiger partial charge in [-0.15, -0.1) is 11.6 Å². The van der Waals surface area contributed by atoms with Crippen molar-refractivity contribution in [1.82, 2.24) is 9.55 Å². The van der Waals surface area contributed by atoms with Crippen LogP contribution in [0.15, 0.2) is 29.1 Å². The Balaban J connectivity index is 2.71. The molecule has 0 bridgehead atoms. The molecule has 0 amide bonds. The highest BCUT2D eigenvalue weighted by Crippen LogP contribution is 2.18. The molecule has 0 atom stereocenters. The number of rotatable bonds is 2. The van der Waals surface area contributed by atoms with Crippen LogP contribution < -0.4 is 5.56 Å². The molecule has 0 aliphatic carbocycles. The monoisotopic (exact) mass is 276 g/mol. The summed E-state index contributed by atoms with van der Waals surface area (Å²) in [7, 11) is 0. The molecule has 0 aliphatic rings. The Bertz CT molecular complexity index is 636. The van der Waals surface area contributed by atoms with Crippen LogP contribution in [0.25, 0.3) is 10.9 Å². The Hall–Kier alpha value is -1.56. The lowest BCUT2D eigenvalue weighted by molar-refractivity contribution is -0.141. The largest absolute Gasteiger partial charge is 0.406 e. The molecule has 96 valence electrons. The number of hydrogen-bond donors (Lipinski definition) is 0. The molecular weight excluding hydrogens is 269 g/mol. The molecule has 1 aromatic carbocycles. The van der Waals surface area contributed by atoms with Gasteiger partial charge in [0.05, 0.1) is 16.8 Å².